The maximum Gasteiger partial charge on any atom is 0.343 e. The summed E-state index contributed by atoms with van der Waals surface area (Å²) >= 11 is 0. The van der Waals surface area contributed by atoms with Crippen molar-refractivity contribution in [3.05, 3.63) is 114 Å². The molecule has 0 aromatic heterocycles. The third kappa shape index (κ3) is 12.7. The maximum atomic E-state index is 12.6. The predicted molar refractivity (Wildman–Crippen MR) is 175 cm³/mol. The van der Waals surface area contributed by atoms with Crippen molar-refractivity contribution in [2.45, 2.75) is 33.6 Å². The number of carbonyl (C=O) groups excluding carboxylic acids is 4. The highest BCUT2D eigenvalue weighted by Crippen LogP contribution is 2.25. The van der Waals surface area contributed by atoms with E-state index in [0.717, 1.165) is 5.56 Å². The van der Waals surface area contributed by atoms with E-state index in [4.69, 9.17) is 28.4 Å². The smallest absolute Gasteiger partial charge is 0.343 e. The number of esters is 4. The van der Waals surface area contributed by atoms with Crippen LogP contribution < -0.4 is 18.9 Å². The Morgan fingerprint density at radius 2 is 1.17 bits per heavy atom. The molecule has 3 aromatic carbocycles. The van der Waals surface area contributed by atoms with Crippen LogP contribution in [-0.4, -0.2) is 50.3 Å². The molecule has 0 heterocycles. The van der Waals surface area contributed by atoms with Crippen molar-refractivity contribution >= 4 is 30.0 Å². The Morgan fingerprint density at radius 1 is 0.660 bits per heavy atom. The summed E-state index contributed by atoms with van der Waals surface area (Å²) in [6.45, 7) is 13.1. The molecule has 10 nitrogen and oxygen atoms in total. The topological polar surface area (TPSA) is 124 Å². The van der Waals surface area contributed by atoms with E-state index in [2.05, 4.69) is 13.2 Å². The minimum atomic E-state index is -0.572. The van der Waals surface area contributed by atoms with Gasteiger partial charge in [0.05, 0.1) is 32.0 Å². The first-order valence-corrected chi connectivity index (χ1v) is 14.9. The third-order valence-corrected chi connectivity index (χ3v) is 6.23. The Bertz CT molecular complexity index is 1600. The van der Waals surface area contributed by atoms with Gasteiger partial charge in [0.2, 0.25) is 0 Å². The van der Waals surface area contributed by atoms with Crippen LogP contribution in [0.4, 0.5) is 0 Å². The van der Waals surface area contributed by atoms with Crippen molar-refractivity contribution in [3.8, 4) is 23.0 Å². The highest BCUT2D eigenvalue weighted by molar-refractivity contribution is 5.91. The first-order chi connectivity index (χ1) is 22.5. The Hall–Kier alpha value is -5.64. The molecule has 0 bridgehead atoms. The molecule has 3 aromatic rings. The van der Waals surface area contributed by atoms with Gasteiger partial charge in [-0.2, -0.15) is 0 Å². The monoisotopic (exact) mass is 642 g/mol. The average molecular weight is 643 g/mol. The van der Waals surface area contributed by atoms with Crippen LogP contribution in [0.3, 0.4) is 0 Å². The molecule has 246 valence electrons. The van der Waals surface area contributed by atoms with Crippen LogP contribution in [0.15, 0.2) is 97.1 Å². The summed E-state index contributed by atoms with van der Waals surface area (Å²) in [4.78, 5) is 47.8. The van der Waals surface area contributed by atoms with Gasteiger partial charge >= 0.3 is 23.9 Å². The van der Waals surface area contributed by atoms with E-state index in [1.54, 1.807) is 93.6 Å². The van der Waals surface area contributed by atoms with E-state index in [0.29, 0.717) is 71.3 Å². The van der Waals surface area contributed by atoms with Crippen LogP contribution in [0.2, 0.25) is 0 Å². The van der Waals surface area contributed by atoms with Gasteiger partial charge in [0.1, 0.15) is 23.0 Å². The quantitative estimate of drug-likeness (QED) is 0.0688. The van der Waals surface area contributed by atoms with Crippen LogP contribution in [0.1, 0.15) is 48.2 Å². The zero-order valence-electron chi connectivity index (χ0n) is 26.7. The predicted octanol–water partition coefficient (Wildman–Crippen LogP) is 6.61. The van der Waals surface area contributed by atoms with Gasteiger partial charge in [-0.25, -0.2) is 19.2 Å². The van der Waals surface area contributed by atoms with E-state index in [-0.39, 0.29) is 13.2 Å². The Labute approximate surface area is 274 Å². The van der Waals surface area contributed by atoms with Crippen molar-refractivity contribution in [2.75, 3.05) is 26.4 Å². The van der Waals surface area contributed by atoms with Crippen LogP contribution in [0, 0.1) is 6.92 Å². The second-order valence-corrected chi connectivity index (χ2v) is 10.4. The number of hydrogen-bond donors (Lipinski definition) is 0. The summed E-state index contributed by atoms with van der Waals surface area (Å²) in [6, 6.07) is 18.3. The number of aryl methyl sites for hydroxylation is 1. The second kappa shape index (κ2) is 18.4. The summed E-state index contributed by atoms with van der Waals surface area (Å²) in [7, 11) is 0. The highest BCUT2D eigenvalue weighted by Gasteiger charge is 2.12. The lowest BCUT2D eigenvalue weighted by Crippen LogP contribution is -2.10. The summed E-state index contributed by atoms with van der Waals surface area (Å²) < 4.78 is 32.2. The van der Waals surface area contributed by atoms with Crippen molar-refractivity contribution in [1.29, 1.82) is 0 Å². The zero-order chi connectivity index (χ0) is 34.2. The molecule has 0 aliphatic carbocycles. The molecule has 3 rings (SSSR count). The van der Waals surface area contributed by atoms with Gasteiger partial charge in [-0.3, -0.25) is 0 Å². The van der Waals surface area contributed by atoms with Crippen LogP contribution in [-0.2, 0) is 23.9 Å². The molecule has 0 fully saturated rings. The van der Waals surface area contributed by atoms with Crippen LogP contribution in [0.5, 0.6) is 23.0 Å². The summed E-state index contributed by atoms with van der Waals surface area (Å²) in [5.74, 6) is -0.167. The van der Waals surface area contributed by atoms with E-state index < -0.39 is 23.9 Å². The van der Waals surface area contributed by atoms with Gasteiger partial charge in [0.25, 0.3) is 0 Å². The van der Waals surface area contributed by atoms with Gasteiger partial charge in [-0.1, -0.05) is 25.3 Å². The van der Waals surface area contributed by atoms with Crippen molar-refractivity contribution in [2.24, 2.45) is 0 Å². The summed E-state index contributed by atoms with van der Waals surface area (Å²) in [5, 5.41) is 0. The SMILES string of the molecule is C=C(C)C(=O)OCCCOc1ccc(/C=C/C(=O)Oc2ccc(OC(=O)c3ccc(OCCCOC(=O)C(=C)C)cc3)cc2C)cc1. The van der Waals surface area contributed by atoms with Gasteiger partial charge in [-0.15, -0.1) is 0 Å². The summed E-state index contributed by atoms with van der Waals surface area (Å²) in [5.41, 5.74) is 2.39. The first kappa shape index (κ1) is 35.8. The largest absolute Gasteiger partial charge is 0.493 e. The highest BCUT2D eigenvalue weighted by atomic mass is 16.5. The molecule has 0 amide bonds. The van der Waals surface area contributed by atoms with E-state index in [1.807, 2.05) is 0 Å². The zero-order valence-corrected chi connectivity index (χ0v) is 26.7. The molecule has 0 aliphatic rings. The lowest BCUT2D eigenvalue weighted by Gasteiger charge is -2.10. The van der Waals surface area contributed by atoms with E-state index in [9.17, 15) is 19.2 Å². The number of ether oxygens (including phenoxy) is 6. The lowest BCUT2D eigenvalue weighted by molar-refractivity contribution is -0.140. The Morgan fingerprint density at radius 3 is 1.68 bits per heavy atom. The fourth-order valence-corrected chi connectivity index (χ4v) is 3.71. The molecular formula is C37H38O10. The molecule has 10 heteroatoms. The summed E-state index contributed by atoms with van der Waals surface area (Å²) in [6.07, 6.45) is 3.98. The van der Waals surface area contributed by atoms with E-state index >= 15 is 0 Å². The normalized spacial score (nSPS) is 10.5. The second-order valence-electron chi connectivity index (χ2n) is 10.4. The average Bonchev–Trinajstić information content (AvgIpc) is 3.05. The molecular weight excluding hydrogens is 604 g/mol. The van der Waals surface area contributed by atoms with Gasteiger partial charge in [0.15, 0.2) is 0 Å². The number of hydrogen-bond acceptors (Lipinski definition) is 10. The molecule has 0 saturated heterocycles. The fourth-order valence-electron chi connectivity index (χ4n) is 3.71. The molecule has 0 N–H and O–H groups in total. The maximum absolute atomic E-state index is 12.6. The van der Waals surface area contributed by atoms with Crippen LogP contribution >= 0.6 is 0 Å². The fraction of sp³-hybridized carbons (Fsp3) is 0.243. The van der Waals surface area contributed by atoms with Gasteiger partial charge in [0, 0.05) is 30.1 Å². The Balaban J connectivity index is 1.41. The standard InChI is InChI=1S/C37H38O10/c1-25(2)35(39)44-22-6-20-42-30-13-8-28(9-14-30)10-19-34(38)47-33-18-17-32(24-27(33)5)46-37(41)29-11-15-31(16-12-29)43-21-7-23-45-36(40)26(3)4/h8-19,24H,1,3,6-7,20-23H2,2,4-5H3/b19-10+. The molecule has 0 unspecified atom stereocenters. The number of rotatable bonds is 17. The van der Waals surface area contributed by atoms with Crippen LogP contribution in [0.25, 0.3) is 6.08 Å². The Kier molecular flexibility index (Phi) is 14.0. The van der Waals surface area contributed by atoms with Gasteiger partial charge in [-0.05, 0) is 92.6 Å². The van der Waals surface area contributed by atoms with Crippen molar-refractivity contribution in [1.82, 2.24) is 0 Å². The molecule has 0 spiro atoms. The minimum absolute atomic E-state index is 0.219. The first-order valence-electron chi connectivity index (χ1n) is 14.9. The molecule has 0 saturated carbocycles. The lowest BCUT2D eigenvalue weighted by atomic mass is 10.2. The van der Waals surface area contributed by atoms with E-state index in [1.165, 1.54) is 6.08 Å². The molecule has 0 radical (unpaired) electrons. The van der Waals surface area contributed by atoms with Crippen molar-refractivity contribution in [3.63, 3.8) is 0 Å². The van der Waals surface area contributed by atoms with Crippen molar-refractivity contribution < 1.29 is 47.6 Å². The molecule has 47 heavy (non-hydrogen) atoms. The number of carbonyl (C=O) groups is 4. The molecule has 0 atom stereocenters. The van der Waals surface area contributed by atoms with Gasteiger partial charge < -0.3 is 28.4 Å². The minimum Gasteiger partial charge on any atom is -0.493 e. The number of benzene rings is 3. The molecule has 0 aliphatic heterocycles. The third-order valence-electron chi connectivity index (χ3n) is 6.23.